The Morgan fingerprint density at radius 2 is 1.66 bits per heavy atom. The Morgan fingerprint density at radius 3 is 2.34 bits per heavy atom. The average molecular weight is 450 g/mol. The van der Waals surface area contributed by atoms with E-state index in [1.165, 1.54) is 0 Å². The Bertz CT molecular complexity index is 1130. The zero-order valence-electron chi connectivity index (χ0n) is 18.4. The number of anilines is 1. The minimum atomic E-state index is -0.186. The third-order valence-electron chi connectivity index (χ3n) is 6.14. The molecule has 1 saturated carbocycles. The lowest BCUT2D eigenvalue weighted by Crippen LogP contribution is -2.25. The molecule has 3 aromatic carbocycles. The molecule has 1 aliphatic rings. The number of benzene rings is 3. The van der Waals surface area contributed by atoms with Crippen LogP contribution in [-0.4, -0.2) is 18.0 Å². The van der Waals surface area contributed by atoms with Crippen LogP contribution in [0.3, 0.4) is 0 Å². The minimum Gasteiger partial charge on any atom is -0.463 e. The van der Waals surface area contributed by atoms with Gasteiger partial charge in [0.15, 0.2) is 0 Å². The van der Waals surface area contributed by atoms with Gasteiger partial charge in [0.1, 0.15) is 0 Å². The van der Waals surface area contributed by atoms with Crippen molar-refractivity contribution in [3.05, 3.63) is 76.8 Å². The van der Waals surface area contributed by atoms with E-state index in [9.17, 15) is 9.59 Å². The van der Waals surface area contributed by atoms with Gasteiger partial charge < -0.3 is 10.1 Å². The molecule has 0 radical (unpaired) electrons. The fourth-order valence-corrected chi connectivity index (χ4v) is 4.64. The molecule has 5 heteroatoms. The van der Waals surface area contributed by atoms with Crippen LogP contribution in [0.15, 0.2) is 60.7 Å². The predicted octanol–water partition coefficient (Wildman–Crippen LogP) is 6.97. The fraction of sp³-hybridized carbons (Fsp3) is 0.333. The number of carbonyl (C=O) groups is 2. The quantitative estimate of drug-likeness (QED) is 0.428. The minimum absolute atomic E-state index is 0.00960. The van der Waals surface area contributed by atoms with Crippen molar-refractivity contribution >= 4 is 39.9 Å². The maximum Gasteiger partial charge on any atom is 0.309 e. The molecule has 166 valence electrons. The highest BCUT2D eigenvalue weighted by molar-refractivity contribution is 6.34. The van der Waals surface area contributed by atoms with Gasteiger partial charge in [-0.05, 0) is 86.1 Å². The summed E-state index contributed by atoms with van der Waals surface area (Å²) in [5.74, 6) is 0.0864. The molecule has 4 rings (SSSR count). The lowest BCUT2D eigenvalue weighted by molar-refractivity contribution is -0.153. The summed E-state index contributed by atoms with van der Waals surface area (Å²) < 4.78 is 5.36. The zero-order valence-corrected chi connectivity index (χ0v) is 19.2. The summed E-state index contributed by atoms with van der Waals surface area (Å²) in [7, 11) is 0. The molecule has 0 heterocycles. The van der Waals surface area contributed by atoms with Crippen LogP contribution < -0.4 is 5.32 Å². The molecule has 1 N–H and O–H groups in total. The predicted molar refractivity (Wildman–Crippen MR) is 129 cm³/mol. The molecule has 1 amide bonds. The largest absolute Gasteiger partial charge is 0.463 e. The summed E-state index contributed by atoms with van der Waals surface area (Å²) >= 11 is 6.52. The summed E-state index contributed by atoms with van der Waals surface area (Å²) in [4.78, 5) is 24.9. The van der Waals surface area contributed by atoms with Gasteiger partial charge in [-0.15, -0.1) is 0 Å². The first-order chi connectivity index (χ1) is 15.4. The van der Waals surface area contributed by atoms with Gasteiger partial charge in [0, 0.05) is 5.56 Å². The number of amides is 1. The van der Waals surface area contributed by atoms with Crippen LogP contribution in [0.25, 0.3) is 10.8 Å². The number of fused-ring (bicyclic) bond motifs is 1. The van der Waals surface area contributed by atoms with Gasteiger partial charge in [0.2, 0.25) is 0 Å². The normalized spacial score (nSPS) is 18.5. The molecule has 1 aliphatic carbocycles. The second-order valence-corrected chi connectivity index (χ2v) is 9.20. The Hall–Kier alpha value is -2.85. The number of nitrogens with one attached hydrogen (secondary N) is 1. The van der Waals surface area contributed by atoms with E-state index >= 15 is 0 Å². The number of halogens is 1. The molecule has 0 saturated heterocycles. The number of rotatable bonds is 5. The maximum atomic E-state index is 12.8. The summed E-state index contributed by atoms with van der Waals surface area (Å²) in [5, 5.41) is 5.57. The van der Waals surface area contributed by atoms with Crippen LogP contribution in [0.1, 0.15) is 61.4 Å². The Labute approximate surface area is 193 Å². The van der Waals surface area contributed by atoms with Gasteiger partial charge in [0.25, 0.3) is 5.91 Å². The van der Waals surface area contributed by atoms with Gasteiger partial charge in [-0.1, -0.05) is 48.0 Å². The molecular formula is C27H28ClNO3. The van der Waals surface area contributed by atoms with E-state index in [0.717, 1.165) is 42.0 Å². The van der Waals surface area contributed by atoms with E-state index in [1.807, 2.05) is 74.5 Å². The molecule has 0 bridgehead atoms. The summed E-state index contributed by atoms with van der Waals surface area (Å²) in [6, 6.07) is 19.4. The third-order valence-corrected chi connectivity index (χ3v) is 6.45. The van der Waals surface area contributed by atoms with Crippen molar-refractivity contribution < 1.29 is 14.3 Å². The van der Waals surface area contributed by atoms with Crippen molar-refractivity contribution in [1.82, 2.24) is 0 Å². The highest BCUT2D eigenvalue weighted by Gasteiger charge is 2.28. The number of hydrogen-bond donors (Lipinski definition) is 1. The van der Waals surface area contributed by atoms with Gasteiger partial charge in [-0.2, -0.15) is 0 Å². The molecule has 0 aliphatic heterocycles. The van der Waals surface area contributed by atoms with E-state index in [-0.39, 0.29) is 23.9 Å². The van der Waals surface area contributed by atoms with Crippen molar-refractivity contribution in [3.8, 4) is 0 Å². The van der Waals surface area contributed by atoms with Crippen LogP contribution in [-0.2, 0) is 9.53 Å². The molecule has 0 aromatic heterocycles. The first-order valence-corrected chi connectivity index (χ1v) is 11.6. The smallest absolute Gasteiger partial charge is 0.309 e. The highest BCUT2D eigenvalue weighted by Crippen LogP contribution is 2.38. The summed E-state index contributed by atoms with van der Waals surface area (Å²) in [5.41, 5.74) is 2.34. The van der Waals surface area contributed by atoms with Crippen molar-refractivity contribution in [2.24, 2.45) is 5.92 Å². The third kappa shape index (κ3) is 5.13. The molecule has 1 fully saturated rings. The topological polar surface area (TPSA) is 55.4 Å². The van der Waals surface area contributed by atoms with Crippen LogP contribution in [0.2, 0.25) is 5.02 Å². The standard InChI is InChI=1S/C27H28ClNO3/c1-17(2)32-27(31)20-10-7-19(8-11-20)22-13-14-25(24(28)16-22)29-26(30)23-12-9-18-5-3-4-6-21(18)15-23/h3-6,9,12-17,19-20H,7-8,10-11H2,1-2H3,(H,29,30). The lowest BCUT2D eigenvalue weighted by Gasteiger charge is -2.28. The van der Waals surface area contributed by atoms with E-state index in [2.05, 4.69) is 5.32 Å². The van der Waals surface area contributed by atoms with Gasteiger partial charge >= 0.3 is 5.97 Å². The SMILES string of the molecule is CC(C)OC(=O)C1CCC(c2ccc(NC(=O)c3ccc4ccccc4c3)c(Cl)c2)CC1. The molecule has 0 atom stereocenters. The van der Waals surface area contributed by atoms with E-state index in [0.29, 0.717) is 22.2 Å². The average Bonchev–Trinajstić information content (AvgIpc) is 2.79. The first kappa shape index (κ1) is 22.3. The fourth-order valence-electron chi connectivity index (χ4n) is 4.40. The van der Waals surface area contributed by atoms with E-state index in [4.69, 9.17) is 16.3 Å². The monoisotopic (exact) mass is 449 g/mol. The van der Waals surface area contributed by atoms with Crippen LogP contribution in [0.5, 0.6) is 0 Å². The molecule has 32 heavy (non-hydrogen) atoms. The van der Waals surface area contributed by atoms with E-state index in [1.54, 1.807) is 0 Å². The Kier molecular flexibility index (Phi) is 6.80. The van der Waals surface area contributed by atoms with Crippen LogP contribution in [0.4, 0.5) is 5.69 Å². The van der Waals surface area contributed by atoms with Crippen LogP contribution >= 0.6 is 11.6 Å². The van der Waals surface area contributed by atoms with Crippen LogP contribution in [0, 0.1) is 5.92 Å². The number of hydrogen-bond acceptors (Lipinski definition) is 3. The second kappa shape index (κ2) is 9.74. The van der Waals surface area contributed by atoms with Gasteiger partial charge in [0.05, 0.1) is 22.7 Å². The first-order valence-electron chi connectivity index (χ1n) is 11.2. The summed E-state index contributed by atoms with van der Waals surface area (Å²) in [6.45, 7) is 3.76. The lowest BCUT2D eigenvalue weighted by atomic mass is 9.78. The molecule has 0 unspecified atom stereocenters. The van der Waals surface area contributed by atoms with Gasteiger partial charge in [-0.25, -0.2) is 0 Å². The van der Waals surface area contributed by atoms with E-state index < -0.39 is 0 Å². The molecule has 4 nitrogen and oxygen atoms in total. The van der Waals surface area contributed by atoms with Crippen molar-refractivity contribution in [1.29, 1.82) is 0 Å². The second-order valence-electron chi connectivity index (χ2n) is 8.79. The van der Waals surface area contributed by atoms with Crippen molar-refractivity contribution in [3.63, 3.8) is 0 Å². The Morgan fingerprint density at radius 1 is 0.938 bits per heavy atom. The van der Waals surface area contributed by atoms with Crippen molar-refractivity contribution in [2.75, 3.05) is 5.32 Å². The number of esters is 1. The van der Waals surface area contributed by atoms with Crippen molar-refractivity contribution in [2.45, 2.75) is 51.6 Å². The molecular weight excluding hydrogens is 422 g/mol. The molecule has 3 aromatic rings. The maximum absolute atomic E-state index is 12.8. The van der Waals surface area contributed by atoms with Gasteiger partial charge in [-0.3, -0.25) is 9.59 Å². The molecule has 0 spiro atoms. The number of carbonyl (C=O) groups excluding carboxylic acids is 2. The number of ether oxygens (including phenoxy) is 1. The highest BCUT2D eigenvalue weighted by atomic mass is 35.5. The summed E-state index contributed by atoms with van der Waals surface area (Å²) in [6.07, 6.45) is 3.44. The zero-order chi connectivity index (χ0) is 22.7. The Balaban J connectivity index is 1.40.